The summed E-state index contributed by atoms with van der Waals surface area (Å²) in [6.07, 6.45) is -0.135. The highest BCUT2D eigenvalue weighted by Crippen LogP contribution is 2.34. The van der Waals surface area contributed by atoms with E-state index in [1.165, 1.54) is 0 Å². The highest BCUT2D eigenvalue weighted by atomic mass is 16.4. The van der Waals surface area contributed by atoms with E-state index in [9.17, 15) is 9.59 Å². The molecule has 0 aliphatic carbocycles. The molecule has 0 saturated carbocycles. The van der Waals surface area contributed by atoms with Crippen LogP contribution in [-0.2, 0) is 9.59 Å². The molecule has 0 bridgehead atoms. The summed E-state index contributed by atoms with van der Waals surface area (Å²) < 4.78 is 0. The number of carboxylic acid groups (broad SMARTS) is 2. The van der Waals surface area contributed by atoms with E-state index in [1.54, 1.807) is 0 Å². The van der Waals surface area contributed by atoms with Gasteiger partial charge in [0.25, 0.3) is 0 Å². The van der Waals surface area contributed by atoms with Gasteiger partial charge in [0.15, 0.2) is 0 Å². The second kappa shape index (κ2) is 5.18. The van der Waals surface area contributed by atoms with Crippen molar-refractivity contribution in [3.05, 3.63) is 35.9 Å². The normalized spacial score (nSPS) is 27.0. The van der Waals surface area contributed by atoms with Gasteiger partial charge in [-0.15, -0.1) is 0 Å². The van der Waals surface area contributed by atoms with Crippen molar-refractivity contribution in [3.63, 3.8) is 0 Å². The van der Waals surface area contributed by atoms with Gasteiger partial charge in [-0.2, -0.15) is 0 Å². The van der Waals surface area contributed by atoms with E-state index in [4.69, 9.17) is 10.2 Å². The van der Waals surface area contributed by atoms with Crippen LogP contribution in [0.25, 0.3) is 0 Å². The van der Waals surface area contributed by atoms with Crippen LogP contribution in [0.1, 0.15) is 17.9 Å². The van der Waals surface area contributed by atoms with Crippen LogP contribution in [0.3, 0.4) is 0 Å². The second-order valence-electron chi connectivity index (χ2n) is 4.50. The third kappa shape index (κ3) is 2.51. The first kappa shape index (κ1) is 12.6. The zero-order valence-electron chi connectivity index (χ0n) is 9.74. The summed E-state index contributed by atoms with van der Waals surface area (Å²) in [7, 11) is 0. The van der Waals surface area contributed by atoms with Crippen LogP contribution in [0.15, 0.2) is 30.3 Å². The Bertz CT molecular complexity index is 446. The number of benzene rings is 1. The quantitative estimate of drug-likeness (QED) is 0.738. The zero-order chi connectivity index (χ0) is 13.1. The molecule has 3 atom stereocenters. The number of carbonyl (C=O) groups is 2. The highest BCUT2D eigenvalue weighted by molar-refractivity contribution is 5.76. The van der Waals surface area contributed by atoms with Crippen LogP contribution in [-0.4, -0.2) is 34.7 Å². The van der Waals surface area contributed by atoms with Crippen molar-refractivity contribution in [1.29, 1.82) is 0 Å². The first-order valence-electron chi connectivity index (χ1n) is 5.82. The SMILES string of the molecule is O=C(O)C[C@@H]1[C@@H](C(=O)O)NC[C@@H]1c1ccccc1. The van der Waals surface area contributed by atoms with Gasteiger partial charge in [-0.3, -0.25) is 9.59 Å². The van der Waals surface area contributed by atoms with Crippen molar-refractivity contribution in [3.8, 4) is 0 Å². The Balaban J connectivity index is 2.24. The van der Waals surface area contributed by atoms with E-state index in [0.717, 1.165) is 5.56 Å². The van der Waals surface area contributed by atoms with Crippen molar-refractivity contribution >= 4 is 11.9 Å². The third-order valence-corrected chi connectivity index (χ3v) is 3.41. The van der Waals surface area contributed by atoms with Crippen molar-refractivity contribution in [1.82, 2.24) is 5.32 Å². The Labute approximate surface area is 104 Å². The van der Waals surface area contributed by atoms with Crippen LogP contribution in [0.5, 0.6) is 0 Å². The molecule has 18 heavy (non-hydrogen) atoms. The van der Waals surface area contributed by atoms with E-state index in [1.807, 2.05) is 30.3 Å². The predicted octanol–water partition coefficient (Wildman–Crippen LogP) is 0.917. The maximum Gasteiger partial charge on any atom is 0.321 e. The number of rotatable bonds is 4. The molecule has 5 heteroatoms. The minimum absolute atomic E-state index is 0.0663. The molecule has 1 aliphatic heterocycles. The van der Waals surface area contributed by atoms with Crippen molar-refractivity contribution in [2.24, 2.45) is 5.92 Å². The average Bonchev–Trinajstić information content (AvgIpc) is 2.73. The summed E-state index contributed by atoms with van der Waals surface area (Å²) in [6.45, 7) is 0.499. The Morgan fingerprint density at radius 1 is 1.22 bits per heavy atom. The molecule has 0 spiro atoms. The van der Waals surface area contributed by atoms with Gasteiger partial charge in [-0.1, -0.05) is 30.3 Å². The lowest BCUT2D eigenvalue weighted by Gasteiger charge is -2.20. The van der Waals surface area contributed by atoms with Crippen LogP contribution in [0, 0.1) is 5.92 Å². The molecular weight excluding hydrogens is 234 g/mol. The smallest absolute Gasteiger partial charge is 0.321 e. The molecule has 1 heterocycles. The summed E-state index contributed by atoms with van der Waals surface area (Å²) >= 11 is 0. The number of aliphatic carboxylic acids is 2. The maximum atomic E-state index is 11.1. The fourth-order valence-electron chi connectivity index (χ4n) is 2.59. The zero-order valence-corrected chi connectivity index (χ0v) is 9.74. The molecule has 1 aromatic carbocycles. The van der Waals surface area contributed by atoms with Gasteiger partial charge in [0.1, 0.15) is 6.04 Å². The molecule has 0 radical (unpaired) electrons. The Morgan fingerprint density at radius 3 is 2.44 bits per heavy atom. The molecule has 96 valence electrons. The molecular formula is C13H15NO4. The van der Waals surface area contributed by atoms with Gasteiger partial charge in [0.2, 0.25) is 0 Å². The van der Waals surface area contributed by atoms with E-state index in [0.29, 0.717) is 6.54 Å². The van der Waals surface area contributed by atoms with Gasteiger partial charge in [-0.05, 0) is 5.56 Å². The fraction of sp³-hybridized carbons (Fsp3) is 0.385. The second-order valence-corrected chi connectivity index (χ2v) is 4.50. The summed E-state index contributed by atoms with van der Waals surface area (Å²) in [5.41, 5.74) is 0.986. The molecule has 5 nitrogen and oxygen atoms in total. The summed E-state index contributed by atoms with van der Waals surface area (Å²) in [6, 6.07) is 8.66. The lowest BCUT2D eigenvalue weighted by atomic mass is 9.83. The van der Waals surface area contributed by atoms with Gasteiger partial charge >= 0.3 is 11.9 Å². The third-order valence-electron chi connectivity index (χ3n) is 3.41. The largest absolute Gasteiger partial charge is 0.481 e. The molecule has 0 unspecified atom stereocenters. The Kier molecular flexibility index (Phi) is 3.62. The summed E-state index contributed by atoms with van der Waals surface area (Å²) in [5.74, 6) is -2.43. The van der Waals surface area contributed by atoms with Crippen LogP contribution < -0.4 is 5.32 Å². The average molecular weight is 249 g/mol. The Morgan fingerprint density at radius 2 is 1.89 bits per heavy atom. The highest BCUT2D eigenvalue weighted by Gasteiger charge is 2.41. The summed E-state index contributed by atoms with van der Waals surface area (Å²) in [5, 5.41) is 20.9. The van der Waals surface area contributed by atoms with Crippen molar-refractivity contribution in [2.75, 3.05) is 6.54 Å². The van der Waals surface area contributed by atoms with Crippen molar-refractivity contribution in [2.45, 2.75) is 18.4 Å². The van der Waals surface area contributed by atoms with E-state index >= 15 is 0 Å². The van der Waals surface area contributed by atoms with Crippen molar-refractivity contribution < 1.29 is 19.8 Å². The van der Waals surface area contributed by atoms with Gasteiger partial charge in [0, 0.05) is 18.4 Å². The predicted molar refractivity (Wildman–Crippen MR) is 64.4 cm³/mol. The van der Waals surface area contributed by atoms with Gasteiger partial charge < -0.3 is 15.5 Å². The fourth-order valence-corrected chi connectivity index (χ4v) is 2.59. The molecule has 0 aromatic heterocycles. The molecule has 1 saturated heterocycles. The number of hydrogen-bond acceptors (Lipinski definition) is 3. The van der Waals surface area contributed by atoms with Crippen LogP contribution >= 0.6 is 0 Å². The molecule has 1 aromatic rings. The maximum absolute atomic E-state index is 11.1. The monoisotopic (exact) mass is 249 g/mol. The van der Waals surface area contributed by atoms with E-state index in [2.05, 4.69) is 5.32 Å². The Hall–Kier alpha value is -1.88. The molecule has 3 N–H and O–H groups in total. The van der Waals surface area contributed by atoms with Crippen LogP contribution in [0.2, 0.25) is 0 Å². The molecule has 0 amide bonds. The standard InChI is InChI=1S/C13H15NO4/c15-11(16)6-9-10(7-14-12(9)13(17)18)8-4-2-1-3-5-8/h1-5,9-10,12,14H,6-7H2,(H,15,16)(H,17,18)/t9-,10+,12-/m0/s1. The number of hydrogen-bond donors (Lipinski definition) is 3. The molecule has 2 rings (SSSR count). The lowest BCUT2D eigenvalue weighted by Crippen LogP contribution is -2.36. The van der Waals surface area contributed by atoms with Crippen LogP contribution in [0.4, 0.5) is 0 Å². The summed E-state index contributed by atoms with van der Waals surface area (Å²) in [4.78, 5) is 22.0. The molecule has 1 aliphatic rings. The number of nitrogens with one attached hydrogen (secondary N) is 1. The topological polar surface area (TPSA) is 86.6 Å². The number of carboxylic acids is 2. The van der Waals surface area contributed by atoms with E-state index < -0.39 is 23.9 Å². The van der Waals surface area contributed by atoms with Gasteiger partial charge in [-0.25, -0.2) is 0 Å². The molecule has 1 fully saturated rings. The lowest BCUT2D eigenvalue weighted by molar-refractivity contribution is -0.142. The van der Waals surface area contributed by atoms with E-state index in [-0.39, 0.29) is 12.3 Å². The minimum Gasteiger partial charge on any atom is -0.481 e. The first-order chi connectivity index (χ1) is 8.59. The first-order valence-corrected chi connectivity index (χ1v) is 5.82. The van der Waals surface area contributed by atoms with Gasteiger partial charge in [0.05, 0.1) is 6.42 Å². The minimum atomic E-state index is -0.986.